The fraction of sp³-hybridized carbons (Fsp3) is 0.955. The maximum Gasteiger partial charge on any atom is 0 e. The molecule has 0 rings (SSSR count). The van der Waals surface area contributed by atoms with Gasteiger partial charge in [0.1, 0.15) is 0 Å². The molecule has 0 aromatic rings. The van der Waals surface area contributed by atoms with Crippen LogP contribution in [0.3, 0.4) is 0 Å². The number of aliphatic hydroxyl groups is 4. The molecule has 0 unspecified atom stereocenters. The second-order valence-corrected chi connectivity index (χ2v) is 17.5. The van der Waals surface area contributed by atoms with Gasteiger partial charge in [0, 0.05) is 64.6 Å². The number of aliphatic hydroxyl groups excluding tert-OH is 4. The molecule has 0 radical (unpaired) electrons. The van der Waals surface area contributed by atoms with Crippen LogP contribution in [0.4, 0.5) is 0 Å². The maximum absolute atomic E-state index is 10.1. The number of hydrogen-bond donors (Lipinski definition) is 4. The average Bonchev–Trinajstić information content (AvgIpc) is 3.17. The summed E-state index contributed by atoms with van der Waals surface area (Å²) in [6, 6.07) is 0. The number of carbonyl (C=O) groups is 2. The Morgan fingerprint density at radius 1 is 0.352 bits per heavy atom. The van der Waals surface area contributed by atoms with Gasteiger partial charge in [0.25, 0.3) is 0 Å². The minimum absolute atomic E-state index is 0. The zero-order valence-electron chi connectivity index (χ0n) is 37.5. The summed E-state index contributed by atoms with van der Waals surface area (Å²) in [5.41, 5.74) is 0. The van der Waals surface area contributed by atoms with E-state index in [0.717, 1.165) is 51.4 Å². The van der Waals surface area contributed by atoms with Crippen molar-refractivity contribution in [1.82, 2.24) is 0 Å². The monoisotopic (exact) mass is 963 g/mol. The van der Waals surface area contributed by atoms with Gasteiger partial charge in [0.05, 0.1) is 0 Å². The molecule has 0 fully saturated rings. The van der Waals surface area contributed by atoms with Gasteiger partial charge in [-0.1, -0.05) is 144 Å². The van der Waals surface area contributed by atoms with Crippen molar-refractivity contribution in [3.05, 3.63) is 0 Å². The fourth-order valence-electron chi connectivity index (χ4n) is 3.89. The number of aliphatic carboxylic acids is 2. The molecule has 8 nitrogen and oxygen atoms in total. The van der Waals surface area contributed by atoms with Crippen LogP contribution in [0.1, 0.15) is 235 Å². The quantitative estimate of drug-likeness (QED) is 0.0409. The number of carboxylic acids is 2. The Labute approximate surface area is 367 Å². The van der Waals surface area contributed by atoms with Gasteiger partial charge in [-0.15, -0.1) is 0 Å². The van der Waals surface area contributed by atoms with E-state index in [1.807, 2.05) is 27.7 Å². The minimum Gasteiger partial charge on any atom is 0 e. The van der Waals surface area contributed by atoms with Crippen LogP contribution in [-0.4, -0.2) is 79.9 Å². The first kappa shape index (κ1) is 72.1. The summed E-state index contributed by atoms with van der Waals surface area (Å²) in [5, 5.41) is 51.7. The molecule has 54 heavy (non-hydrogen) atoms. The zero-order chi connectivity index (χ0) is 41.9. The van der Waals surface area contributed by atoms with Crippen molar-refractivity contribution in [3.8, 4) is 0 Å². The van der Waals surface area contributed by atoms with Crippen molar-refractivity contribution in [2.45, 2.75) is 244 Å². The van der Waals surface area contributed by atoms with Crippen molar-refractivity contribution in [1.29, 1.82) is 0 Å². The predicted octanol–water partition coefficient (Wildman–Crippen LogP) is 9.99. The molecular weight excluding hydrogens is 866 g/mol. The first-order valence-electron chi connectivity index (χ1n) is 22.2. The van der Waals surface area contributed by atoms with Crippen LogP contribution in [0, 0.1) is 0 Å². The van der Waals surface area contributed by atoms with E-state index < -0.39 is 11.9 Å². The molecule has 10 heteroatoms. The van der Waals surface area contributed by atoms with E-state index in [9.17, 15) is 19.8 Å². The van der Waals surface area contributed by atoms with Gasteiger partial charge in [-0.25, -0.2) is 0 Å². The normalized spacial score (nSPS) is 9.11. The van der Waals surface area contributed by atoms with Crippen LogP contribution < -0.4 is 10.2 Å². The summed E-state index contributed by atoms with van der Waals surface area (Å²) >= 11 is 0.149. The summed E-state index contributed by atoms with van der Waals surface area (Å²) in [6.45, 7) is 18.0. The van der Waals surface area contributed by atoms with Crippen LogP contribution in [0.15, 0.2) is 0 Å². The van der Waals surface area contributed by atoms with Gasteiger partial charge in [-0.05, 0) is 51.4 Å². The molecule has 0 saturated carbocycles. The van der Waals surface area contributed by atoms with Crippen LogP contribution in [0.5, 0.6) is 0 Å². The van der Waals surface area contributed by atoms with Crippen LogP contribution in [0.25, 0.3) is 0 Å². The summed E-state index contributed by atoms with van der Waals surface area (Å²) in [4.78, 5) is 20.2. The molecule has 0 atom stereocenters. The third-order valence-corrected chi connectivity index (χ3v) is 11.3. The Hall–Kier alpha value is 0.462. The van der Waals surface area contributed by atoms with E-state index in [-0.39, 0.29) is 60.2 Å². The molecule has 0 aromatic heterocycles. The molecule has 328 valence electrons. The number of carbonyl (C=O) groups excluding carboxylic acids is 2. The van der Waals surface area contributed by atoms with Gasteiger partial charge in [0.15, 0.2) is 0 Å². The molecule has 4 N–H and O–H groups in total. The van der Waals surface area contributed by atoms with Crippen LogP contribution in [-0.2, 0) is 35.8 Å². The molecule has 0 amide bonds. The van der Waals surface area contributed by atoms with E-state index in [0.29, 0.717) is 26.4 Å². The zero-order valence-corrected chi connectivity index (χ0v) is 42.8. The molecular formula is C44H96O8SnZr. The predicted molar refractivity (Wildman–Crippen MR) is 228 cm³/mol. The third kappa shape index (κ3) is 132. The van der Waals surface area contributed by atoms with E-state index in [1.54, 1.807) is 8.87 Å². The average molecular weight is 963 g/mol. The maximum atomic E-state index is 10.1. The van der Waals surface area contributed by atoms with E-state index in [1.165, 1.54) is 116 Å². The second kappa shape index (κ2) is 85.6. The van der Waals surface area contributed by atoms with E-state index >= 15 is 0 Å². The van der Waals surface area contributed by atoms with Gasteiger partial charge >= 0.3 is 69.5 Å². The molecule has 0 aliphatic carbocycles. The van der Waals surface area contributed by atoms with Crippen LogP contribution in [0.2, 0.25) is 8.87 Å². The van der Waals surface area contributed by atoms with Crippen molar-refractivity contribution < 1.29 is 66.4 Å². The van der Waals surface area contributed by atoms with Gasteiger partial charge in [0.2, 0.25) is 0 Å². The Morgan fingerprint density at radius 3 is 0.704 bits per heavy atom. The Balaban J connectivity index is -0.0000000819. The first-order valence-corrected chi connectivity index (χ1v) is 26.2. The largest absolute Gasteiger partial charge is 0 e. The van der Waals surface area contributed by atoms with Crippen molar-refractivity contribution >= 4 is 33.1 Å². The van der Waals surface area contributed by atoms with Gasteiger partial charge in [-0.2, -0.15) is 0 Å². The molecule has 0 aliphatic rings. The minimum atomic E-state index is -0.909. The SMILES string of the molecule is CCCCCCCCCCCC(=O)[O-].CCCCCCCCCCCC(=O)[O-].CCCO.CCCO.CCCO.CCCO.CCC[CH2][Sn+2][CH2]CCC.[Zr]. The smallest absolute Gasteiger partial charge is 0 e. The second-order valence-electron chi connectivity index (χ2n) is 13.3. The number of rotatable bonds is 30. The summed E-state index contributed by atoms with van der Waals surface area (Å²) in [7, 11) is 0. The standard InChI is InChI=1S/2C12H24O2.2C4H9.4C3H8O.Sn.Zr/c2*1-2-3-4-5-6-7-8-9-10-11-12(13)14;2*1-3-4-2;4*1-2-3-4;;/h2*2-11H2,1H3,(H,13,14);2*1,3-4H2,2H3;4*4H,2-3H2,1H3;;/q;;;;;;;;+2;/p-2. The number of hydrogen-bond acceptors (Lipinski definition) is 8. The summed E-state index contributed by atoms with van der Waals surface area (Å²) < 4.78 is 3.25. The van der Waals surface area contributed by atoms with Crippen molar-refractivity contribution in [3.63, 3.8) is 0 Å². The summed E-state index contributed by atoms with van der Waals surface area (Å²) in [6.07, 6.45) is 31.7. The van der Waals surface area contributed by atoms with E-state index in [2.05, 4.69) is 27.7 Å². The number of carboxylic acid groups (broad SMARTS) is 2. The van der Waals surface area contributed by atoms with E-state index in [4.69, 9.17) is 20.4 Å². The fourth-order valence-corrected chi connectivity index (χ4v) is 8.05. The Kier molecular flexibility index (Phi) is 114. The van der Waals surface area contributed by atoms with Crippen LogP contribution >= 0.6 is 0 Å². The topological polar surface area (TPSA) is 161 Å². The molecule has 0 spiro atoms. The Bertz CT molecular complexity index is 499. The van der Waals surface area contributed by atoms with Gasteiger partial charge < -0.3 is 40.2 Å². The molecule has 0 aromatic carbocycles. The van der Waals surface area contributed by atoms with Crippen molar-refractivity contribution in [2.24, 2.45) is 0 Å². The van der Waals surface area contributed by atoms with Gasteiger partial charge in [-0.3, -0.25) is 0 Å². The summed E-state index contributed by atoms with van der Waals surface area (Å²) in [5.74, 6) is -1.82. The van der Waals surface area contributed by atoms with Crippen molar-refractivity contribution in [2.75, 3.05) is 26.4 Å². The first-order chi connectivity index (χ1) is 25.6. The molecule has 0 saturated heterocycles. The molecule has 0 aliphatic heterocycles. The number of unbranched alkanes of at least 4 members (excludes halogenated alkanes) is 18. The molecule has 0 heterocycles. The third-order valence-electron chi connectivity index (χ3n) is 7.28. The molecule has 0 bridgehead atoms. The Morgan fingerprint density at radius 2 is 0.537 bits per heavy atom.